The Balaban J connectivity index is 1.87. The second-order valence-corrected chi connectivity index (χ2v) is 4.56. The van der Waals surface area contributed by atoms with Crippen molar-refractivity contribution in [2.75, 3.05) is 17.6 Å². The zero-order chi connectivity index (χ0) is 8.44. The van der Waals surface area contributed by atoms with Crippen LogP contribution >= 0.6 is 22.6 Å². The quantitative estimate of drug-likeness (QED) is 0.583. The molecule has 0 spiro atoms. The second kappa shape index (κ2) is 3.80. The van der Waals surface area contributed by atoms with Gasteiger partial charge < -0.3 is 9.47 Å². The van der Waals surface area contributed by atoms with Crippen LogP contribution in [0.15, 0.2) is 0 Å². The van der Waals surface area contributed by atoms with Crippen LogP contribution < -0.4 is 0 Å². The molecule has 70 valence electrons. The Labute approximate surface area is 87.1 Å². The molecule has 1 aliphatic heterocycles. The fourth-order valence-electron chi connectivity index (χ4n) is 1.94. The molecule has 2 rings (SSSR count). The van der Waals surface area contributed by atoms with Crippen molar-refractivity contribution in [3.05, 3.63) is 0 Å². The topological polar surface area (TPSA) is 18.5 Å². The van der Waals surface area contributed by atoms with Crippen LogP contribution in [-0.4, -0.2) is 29.3 Å². The van der Waals surface area contributed by atoms with Gasteiger partial charge in [-0.15, -0.1) is 0 Å². The number of hydrogen-bond donors (Lipinski definition) is 0. The van der Waals surface area contributed by atoms with E-state index in [0.29, 0.717) is 6.10 Å². The second-order valence-electron chi connectivity index (χ2n) is 3.80. The van der Waals surface area contributed by atoms with Gasteiger partial charge in [0.05, 0.1) is 18.8 Å². The maximum absolute atomic E-state index is 6.05. The van der Waals surface area contributed by atoms with E-state index in [2.05, 4.69) is 22.6 Å². The maximum Gasteiger partial charge on any atom is 0.105 e. The van der Waals surface area contributed by atoms with Crippen molar-refractivity contribution in [3.8, 4) is 0 Å². The Bertz CT molecular complexity index is 151. The van der Waals surface area contributed by atoms with Gasteiger partial charge in [0.2, 0.25) is 0 Å². The van der Waals surface area contributed by atoms with Crippen LogP contribution in [-0.2, 0) is 9.47 Å². The number of halogens is 1. The van der Waals surface area contributed by atoms with Gasteiger partial charge in [-0.3, -0.25) is 0 Å². The Morgan fingerprint density at radius 1 is 1.33 bits per heavy atom. The van der Waals surface area contributed by atoms with E-state index in [1.54, 1.807) is 0 Å². The number of alkyl halides is 1. The molecule has 2 fully saturated rings. The van der Waals surface area contributed by atoms with E-state index < -0.39 is 0 Å². The lowest BCUT2D eigenvalue weighted by atomic mass is 10.1. The van der Waals surface area contributed by atoms with Crippen LogP contribution in [0.5, 0.6) is 0 Å². The van der Waals surface area contributed by atoms with Crippen LogP contribution in [0.4, 0.5) is 0 Å². The first-order valence-electron chi connectivity index (χ1n) is 4.66. The monoisotopic (exact) mass is 282 g/mol. The zero-order valence-corrected chi connectivity index (χ0v) is 9.38. The van der Waals surface area contributed by atoms with Crippen LogP contribution in [0.2, 0.25) is 0 Å². The van der Waals surface area contributed by atoms with Crippen molar-refractivity contribution in [1.82, 2.24) is 0 Å². The summed E-state index contributed by atoms with van der Waals surface area (Å²) < 4.78 is 12.3. The Hall–Kier alpha value is 0.650. The lowest BCUT2D eigenvalue weighted by molar-refractivity contribution is -0.182. The minimum absolute atomic E-state index is 0.217. The van der Waals surface area contributed by atoms with E-state index >= 15 is 0 Å². The van der Waals surface area contributed by atoms with E-state index in [1.165, 1.54) is 25.7 Å². The fourth-order valence-corrected chi connectivity index (χ4v) is 2.88. The molecular weight excluding hydrogens is 267 g/mol. The van der Waals surface area contributed by atoms with Crippen molar-refractivity contribution in [3.63, 3.8) is 0 Å². The lowest BCUT2D eigenvalue weighted by Crippen LogP contribution is -2.45. The SMILES string of the molecule is ICC1(OC2COC2)CCCC1. The molecular formula is C9H15IO2. The molecule has 0 amide bonds. The van der Waals surface area contributed by atoms with Gasteiger partial charge in [0.25, 0.3) is 0 Å². The van der Waals surface area contributed by atoms with Crippen molar-refractivity contribution in [2.45, 2.75) is 37.4 Å². The minimum atomic E-state index is 0.217. The molecule has 12 heavy (non-hydrogen) atoms. The predicted molar refractivity (Wildman–Crippen MR) is 55.8 cm³/mol. The predicted octanol–water partition coefficient (Wildman–Crippen LogP) is 2.15. The van der Waals surface area contributed by atoms with Crippen molar-refractivity contribution in [2.24, 2.45) is 0 Å². The van der Waals surface area contributed by atoms with Gasteiger partial charge in [-0.25, -0.2) is 0 Å². The highest BCUT2D eigenvalue weighted by atomic mass is 127. The highest BCUT2D eigenvalue weighted by Gasteiger charge is 2.37. The average Bonchev–Trinajstić information content (AvgIpc) is 2.46. The molecule has 0 bridgehead atoms. The first kappa shape index (κ1) is 9.21. The highest BCUT2D eigenvalue weighted by Crippen LogP contribution is 2.36. The van der Waals surface area contributed by atoms with E-state index in [9.17, 15) is 0 Å². The van der Waals surface area contributed by atoms with Crippen LogP contribution in [0.3, 0.4) is 0 Å². The number of ether oxygens (including phenoxy) is 2. The molecule has 1 aliphatic carbocycles. The number of rotatable bonds is 3. The molecule has 0 aromatic rings. The molecule has 1 heterocycles. The summed E-state index contributed by atoms with van der Waals surface area (Å²) in [7, 11) is 0. The van der Waals surface area contributed by atoms with Crippen molar-refractivity contribution >= 4 is 22.6 Å². The smallest absolute Gasteiger partial charge is 0.105 e. The molecule has 3 heteroatoms. The summed E-state index contributed by atoms with van der Waals surface area (Å²) in [5.74, 6) is 0. The molecule has 0 radical (unpaired) electrons. The summed E-state index contributed by atoms with van der Waals surface area (Å²) in [6.45, 7) is 1.64. The third-order valence-electron chi connectivity index (χ3n) is 2.78. The molecule has 0 unspecified atom stereocenters. The van der Waals surface area contributed by atoms with E-state index in [1.807, 2.05) is 0 Å². The van der Waals surface area contributed by atoms with Crippen LogP contribution in [0, 0.1) is 0 Å². The normalized spacial score (nSPS) is 28.8. The number of hydrogen-bond acceptors (Lipinski definition) is 2. The summed E-state index contributed by atoms with van der Waals surface area (Å²) in [6, 6.07) is 0. The maximum atomic E-state index is 6.05. The van der Waals surface area contributed by atoms with Gasteiger partial charge in [0.1, 0.15) is 6.10 Å². The minimum Gasteiger partial charge on any atom is -0.376 e. The van der Waals surface area contributed by atoms with Gasteiger partial charge >= 0.3 is 0 Å². The summed E-state index contributed by atoms with van der Waals surface area (Å²) >= 11 is 2.45. The Kier molecular flexibility index (Phi) is 2.92. The molecule has 2 nitrogen and oxygen atoms in total. The standard InChI is InChI=1S/C9H15IO2/c10-7-9(3-1-2-4-9)12-8-5-11-6-8/h8H,1-7H2. The van der Waals surface area contributed by atoms with E-state index in [4.69, 9.17) is 9.47 Å². The first-order valence-corrected chi connectivity index (χ1v) is 6.19. The Morgan fingerprint density at radius 3 is 2.42 bits per heavy atom. The van der Waals surface area contributed by atoms with E-state index in [-0.39, 0.29) is 5.60 Å². The summed E-state index contributed by atoms with van der Waals surface area (Å²) in [4.78, 5) is 0. The molecule has 0 N–H and O–H groups in total. The van der Waals surface area contributed by atoms with Crippen LogP contribution in [0.25, 0.3) is 0 Å². The zero-order valence-electron chi connectivity index (χ0n) is 7.22. The third kappa shape index (κ3) is 1.77. The van der Waals surface area contributed by atoms with Gasteiger partial charge in [-0.1, -0.05) is 35.4 Å². The Morgan fingerprint density at radius 2 is 2.00 bits per heavy atom. The molecule has 1 saturated heterocycles. The average molecular weight is 282 g/mol. The first-order chi connectivity index (χ1) is 5.85. The van der Waals surface area contributed by atoms with Gasteiger partial charge in [-0.05, 0) is 12.8 Å². The lowest BCUT2D eigenvalue weighted by Gasteiger charge is -2.36. The molecule has 0 atom stereocenters. The third-order valence-corrected chi connectivity index (χ3v) is 4.17. The molecule has 0 aromatic carbocycles. The summed E-state index contributed by atoms with van der Waals surface area (Å²) in [5, 5.41) is 0. The fraction of sp³-hybridized carbons (Fsp3) is 1.00. The summed E-state index contributed by atoms with van der Waals surface area (Å²) in [6.07, 6.45) is 5.60. The van der Waals surface area contributed by atoms with Crippen LogP contribution in [0.1, 0.15) is 25.7 Å². The van der Waals surface area contributed by atoms with Gasteiger partial charge in [0, 0.05) is 4.43 Å². The van der Waals surface area contributed by atoms with E-state index in [0.717, 1.165) is 17.6 Å². The van der Waals surface area contributed by atoms with Crippen molar-refractivity contribution < 1.29 is 9.47 Å². The van der Waals surface area contributed by atoms with Crippen molar-refractivity contribution in [1.29, 1.82) is 0 Å². The summed E-state index contributed by atoms with van der Waals surface area (Å²) in [5.41, 5.74) is 0.217. The highest BCUT2D eigenvalue weighted by molar-refractivity contribution is 14.1. The van der Waals surface area contributed by atoms with Gasteiger partial charge in [-0.2, -0.15) is 0 Å². The molecule has 2 aliphatic rings. The molecule has 1 saturated carbocycles. The van der Waals surface area contributed by atoms with Gasteiger partial charge in [0.15, 0.2) is 0 Å². The molecule has 0 aromatic heterocycles. The largest absolute Gasteiger partial charge is 0.376 e.